The van der Waals surface area contributed by atoms with E-state index in [1.165, 1.54) is 46.6 Å². The molecule has 0 atom stereocenters. The Morgan fingerprint density at radius 3 is 2.19 bits per heavy atom. The summed E-state index contributed by atoms with van der Waals surface area (Å²) in [5.74, 6) is -1.85. The number of rotatable bonds is 5. The van der Waals surface area contributed by atoms with E-state index in [9.17, 15) is 22.4 Å². The molecule has 0 amide bonds. The highest BCUT2D eigenvalue weighted by Gasteiger charge is 2.29. The minimum atomic E-state index is -4.49. The molecule has 0 radical (unpaired) electrons. The SMILES string of the molecule is Cc1ccc(S(=O)(=O)n2c(-c3ccc(F)cc3F)cc3c(-c4cc(=O)n(C)cc4-c4cccnc4)cn(C)c(=O)c32)cc1. The molecule has 0 N–H and O–H groups in total. The Labute approximate surface area is 244 Å². The van der Waals surface area contributed by atoms with E-state index in [4.69, 9.17) is 0 Å². The Morgan fingerprint density at radius 2 is 1.51 bits per heavy atom. The first-order valence-corrected chi connectivity index (χ1v) is 14.6. The zero-order chi connectivity index (χ0) is 30.6. The third kappa shape index (κ3) is 4.67. The third-order valence-corrected chi connectivity index (χ3v) is 9.08. The standard InChI is InChI=1S/C32H24F2N4O4S/c1-19-6-9-22(10-7-19)43(41,42)38-29(23-11-8-21(33)13-28(23)34)14-25-27(18-37(3)32(40)31(25)38)24-15-30(39)36(2)17-26(24)20-5-4-12-35-16-20/h4-18H,1-3H3. The van der Waals surface area contributed by atoms with Gasteiger partial charge in [-0.1, -0.05) is 23.8 Å². The maximum atomic E-state index is 15.3. The van der Waals surface area contributed by atoms with E-state index in [-0.39, 0.29) is 32.6 Å². The van der Waals surface area contributed by atoms with Crippen molar-refractivity contribution in [1.29, 1.82) is 0 Å². The van der Waals surface area contributed by atoms with E-state index < -0.39 is 27.2 Å². The van der Waals surface area contributed by atoms with Gasteiger partial charge in [-0.25, -0.2) is 21.2 Å². The highest BCUT2D eigenvalue weighted by atomic mass is 32.2. The minimum absolute atomic E-state index is 0.128. The van der Waals surface area contributed by atoms with Crippen LogP contribution in [0.1, 0.15) is 5.56 Å². The van der Waals surface area contributed by atoms with Crippen LogP contribution in [0.4, 0.5) is 8.78 Å². The Hall–Kier alpha value is -5.16. The number of aryl methyl sites for hydroxylation is 3. The zero-order valence-electron chi connectivity index (χ0n) is 23.2. The lowest BCUT2D eigenvalue weighted by atomic mass is 9.96. The van der Waals surface area contributed by atoms with Gasteiger partial charge in [0.2, 0.25) is 0 Å². The van der Waals surface area contributed by atoms with Crippen LogP contribution < -0.4 is 11.1 Å². The Morgan fingerprint density at radius 1 is 0.791 bits per heavy atom. The normalized spacial score (nSPS) is 11.7. The van der Waals surface area contributed by atoms with Gasteiger partial charge in [0.25, 0.3) is 21.1 Å². The van der Waals surface area contributed by atoms with Crippen molar-refractivity contribution in [1.82, 2.24) is 18.1 Å². The summed E-state index contributed by atoms with van der Waals surface area (Å²) in [7, 11) is -1.43. The number of halogens is 2. The van der Waals surface area contributed by atoms with Crippen LogP contribution in [0.15, 0.2) is 106 Å². The summed E-state index contributed by atoms with van der Waals surface area (Å²) >= 11 is 0. The Kier molecular flexibility index (Phi) is 6.69. The summed E-state index contributed by atoms with van der Waals surface area (Å²) in [4.78, 5) is 30.8. The molecular weight excluding hydrogens is 574 g/mol. The quantitative estimate of drug-likeness (QED) is 0.270. The zero-order valence-corrected chi connectivity index (χ0v) is 24.1. The maximum absolute atomic E-state index is 15.3. The molecule has 43 heavy (non-hydrogen) atoms. The second-order valence-electron chi connectivity index (χ2n) is 10.2. The first-order valence-electron chi connectivity index (χ1n) is 13.1. The summed E-state index contributed by atoms with van der Waals surface area (Å²) in [5, 5.41) is 0.163. The van der Waals surface area contributed by atoms with Crippen LogP contribution in [-0.2, 0) is 24.1 Å². The molecule has 11 heteroatoms. The second-order valence-corrected chi connectivity index (χ2v) is 12.0. The van der Waals surface area contributed by atoms with Gasteiger partial charge in [-0.05, 0) is 48.9 Å². The van der Waals surface area contributed by atoms with Crippen molar-refractivity contribution in [3.8, 4) is 33.5 Å². The molecule has 6 rings (SSSR count). The lowest BCUT2D eigenvalue weighted by Gasteiger charge is -2.15. The van der Waals surface area contributed by atoms with E-state index in [2.05, 4.69) is 4.98 Å². The van der Waals surface area contributed by atoms with Gasteiger partial charge in [0.1, 0.15) is 17.2 Å². The lowest BCUT2D eigenvalue weighted by Crippen LogP contribution is -2.23. The van der Waals surface area contributed by atoms with Crippen LogP contribution in [0.25, 0.3) is 44.4 Å². The number of pyridine rings is 3. The first kappa shape index (κ1) is 28.0. The fraction of sp³-hybridized carbons (Fsp3) is 0.0938. The molecule has 0 saturated carbocycles. The van der Waals surface area contributed by atoms with Gasteiger partial charge in [-0.3, -0.25) is 14.6 Å². The smallest absolute Gasteiger partial charge is 0.275 e. The largest absolute Gasteiger partial charge is 0.318 e. The van der Waals surface area contributed by atoms with E-state index in [1.54, 1.807) is 50.8 Å². The van der Waals surface area contributed by atoms with Crippen LogP contribution >= 0.6 is 0 Å². The monoisotopic (exact) mass is 598 g/mol. The summed E-state index contributed by atoms with van der Waals surface area (Å²) in [5.41, 5.74) is 1.18. The van der Waals surface area contributed by atoms with Gasteiger partial charge >= 0.3 is 0 Å². The highest BCUT2D eigenvalue weighted by molar-refractivity contribution is 7.90. The molecule has 0 aliphatic heterocycles. The van der Waals surface area contributed by atoms with Crippen molar-refractivity contribution < 1.29 is 17.2 Å². The predicted molar refractivity (Wildman–Crippen MR) is 160 cm³/mol. The molecule has 6 aromatic rings. The molecule has 8 nitrogen and oxygen atoms in total. The first-order chi connectivity index (χ1) is 20.5. The predicted octanol–water partition coefficient (Wildman–Crippen LogP) is 5.26. The molecule has 216 valence electrons. The minimum Gasteiger partial charge on any atom is -0.318 e. The number of hydrogen-bond donors (Lipinski definition) is 0. The van der Waals surface area contributed by atoms with Crippen LogP contribution in [0.2, 0.25) is 0 Å². The molecule has 0 spiro atoms. The van der Waals surface area contributed by atoms with Gasteiger partial charge < -0.3 is 9.13 Å². The molecule has 0 bridgehead atoms. The fourth-order valence-electron chi connectivity index (χ4n) is 5.16. The number of nitrogens with zero attached hydrogens (tertiary/aromatic N) is 4. The topological polar surface area (TPSA) is 96.0 Å². The van der Waals surface area contributed by atoms with Crippen molar-refractivity contribution in [3.63, 3.8) is 0 Å². The van der Waals surface area contributed by atoms with Crippen molar-refractivity contribution >= 4 is 20.9 Å². The number of hydrogen-bond acceptors (Lipinski definition) is 5. The van der Waals surface area contributed by atoms with Gasteiger partial charge in [0.05, 0.1) is 10.6 Å². The lowest BCUT2D eigenvalue weighted by molar-refractivity contribution is 0.583. The van der Waals surface area contributed by atoms with Gasteiger partial charge in [0, 0.05) is 78.7 Å². The second kappa shape index (κ2) is 10.3. The number of benzene rings is 2. The van der Waals surface area contributed by atoms with E-state index in [0.29, 0.717) is 28.3 Å². The maximum Gasteiger partial charge on any atom is 0.275 e. The Balaban J connectivity index is 1.79. The fourth-order valence-corrected chi connectivity index (χ4v) is 6.68. The highest BCUT2D eigenvalue weighted by Crippen LogP contribution is 2.39. The van der Waals surface area contributed by atoms with Gasteiger partial charge in [-0.15, -0.1) is 0 Å². The number of fused-ring (bicyclic) bond motifs is 1. The van der Waals surface area contributed by atoms with E-state index in [0.717, 1.165) is 21.7 Å². The van der Waals surface area contributed by atoms with Crippen molar-refractivity contribution in [3.05, 3.63) is 129 Å². The van der Waals surface area contributed by atoms with Crippen molar-refractivity contribution in [2.75, 3.05) is 0 Å². The molecule has 0 aliphatic carbocycles. The number of aromatic nitrogens is 4. The van der Waals surface area contributed by atoms with Crippen molar-refractivity contribution in [2.24, 2.45) is 14.1 Å². The molecule has 0 unspecified atom stereocenters. The van der Waals surface area contributed by atoms with Crippen LogP contribution in [0.3, 0.4) is 0 Å². The van der Waals surface area contributed by atoms with Crippen LogP contribution in [-0.4, -0.2) is 26.5 Å². The van der Waals surface area contributed by atoms with Crippen molar-refractivity contribution in [2.45, 2.75) is 11.8 Å². The summed E-state index contributed by atoms with van der Waals surface area (Å²) in [6, 6.07) is 15.1. The molecular formula is C32H24F2N4O4S. The van der Waals surface area contributed by atoms with Gasteiger partial charge in [0.15, 0.2) is 0 Å². The molecule has 2 aromatic carbocycles. The average Bonchev–Trinajstić information content (AvgIpc) is 3.38. The van der Waals surface area contributed by atoms with Crippen LogP contribution in [0, 0.1) is 18.6 Å². The van der Waals surface area contributed by atoms with E-state index >= 15 is 4.39 Å². The van der Waals surface area contributed by atoms with E-state index in [1.807, 2.05) is 6.07 Å². The van der Waals surface area contributed by atoms with Gasteiger partial charge in [-0.2, -0.15) is 0 Å². The molecule has 0 fully saturated rings. The third-order valence-electron chi connectivity index (χ3n) is 7.35. The molecule has 4 aromatic heterocycles. The Bertz CT molecular complexity index is 2290. The molecule has 4 heterocycles. The molecule has 0 aliphatic rings. The molecule has 0 saturated heterocycles. The van der Waals surface area contributed by atoms with Crippen LogP contribution in [0.5, 0.6) is 0 Å². The summed E-state index contributed by atoms with van der Waals surface area (Å²) in [6.45, 7) is 1.80. The average molecular weight is 599 g/mol. The summed E-state index contributed by atoms with van der Waals surface area (Å²) < 4.78 is 61.1. The summed E-state index contributed by atoms with van der Waals surface area (Å²) in [6.07, 6.45) is 6.36.